The summed E-state index contributed by atoms with van der Waals surface area (Å²) in [4.78, 5) is 15.7. The molecule has 1 unspecified atom stereocenters. The number of aliphatic hydroxyl groups excluding tert-OH is 1. The monoisotopic (exact) mass is 263 g/mol. The van der Waals surface area contributed by atoms with E-state index in [-0.39, 0.29) is 18.6 Å². The topological polar surface area (TPSA) is 69.8 Å². The van der Waals surface area contributed by atoms with Gasteiger partial charge in [-0.05, 0) is 5.56 Å². The maximum Gasteiger partial charge on any atom is 0.236 e. The van der Waals surface area contributed by atoms with Crippen molar-refractivity contribution in [1.82, 2.24) is 9.80 Å². The van der Waals surface area contributed by atoms with Crippen LogP contribution in [0.3, 0.4) is 0 Å². The largest absolute Gasteiger partial charge is 0.395 e. The van der Waals surface area contributed by atoms with Crippen molar-refractivity contribution in [2.24, 2.45) is 5.73 Å². The van der Waals surface area contributed by atoms with E-state index in [0.29, 0.717) is 13.1 Å². The van der Waals surface area contributed by atoms with Crippen molar-refractivity contribution in [3.63, 3.8) is 0 Å². The van der Waals surface area contributed by atoms with Crippen LogP contribution in [-0.2, 0) is 11.3 Å². The van der Waals surface area contributed by atoms with Gasteiger partial charge in [-0.1, -0.05) is 30.3 Å². The van der Waals surface area contributed by atoms with Crippen molar-refractivity contribution >= 4 is 5.91 Å². The summed E-state index contributed by atoms with van der Waals surface area (Å²) >= 11 is 0. The Morgan fingerprint density at radius 2 is 2.05 bits per heavy atom. The van der Waals surface area contributed by atoms with Crippen molar-refractivity contribution in [3.05, 3.63) is 35.9 Å². The fourth-order valence-corrected chi connectivity index (χ4v) is 2.53. The number of carbonyl (C=O) groups excluding carboxylic acids is 1. The van der Waals surface area contributed by atoms with E-state index in [4.69, 9.17) is 10.8 Å². The fraction of sp³-hybridized carbons (Fsp3) is 0.500. The average Bonchev–Trinajstić information content (AvgIpc) is 2.42. The highest BCUT2D eigenvalue weighted by Gasteiger charge is 2.30. The van der Waals surface area contributed by atoms with Crippen molar-refractivity contribution in [2.75, 3.05) is 32.8 Å². The predicted octanol–water partition coefficient (Wildman–Crippen LogP) is -0.350. The molecule has 1 aromatic carbocycles. The van der Waals surface area contributed by atoms with Crippen molar-refractivity contribution in [3.8, 4) is 0 Å². The molecular weight excluding hydrogens is 242 g/mol. The molecule has 5 heteroatoms. The van der Waals surface area contributed by atoms with Crippen LogP contribution in [-0.4, -0.2) is 59.6 Å². The summed E-state index contributed by atoms with van der Waals surface area (Å²) in [5, 5.41) is 9.01. The van der Waals surface area contributed by atoms with E-state index in [1.165, 1.54) is 5.56 Å². The van der Waals surface area contributed by atoms with E-state index in [0.717, 1.165) is 19.6 Å². The summed E-state index contributed by atoms with van der Waals surface area (Å²) in [7, 11) is 0. The first kappa shape index (κ1) is 14.0. The average molecular weight is 263 g/mol. The van der Waals surface area contributed by atoms with Crippen LogP contribution in [0.4, 0.5) is 0 Å². The van der Waals surface area contributed by atoms with Gasteiger partial charge in [0.2, 0.25) is 5.91 Å². The number of benzene rings is 1. The summed E-state index contributed by atoms with van der Waals surface area (Å²) in [6.07, 6.45) is 0. The van der Waals surface area contributed by atoms with Crippen LogP contribution in [0.2, 0.25) is 0 Å². The van der Waals surface area contributed by atoms with Crippen LogP contribution < -0.4 is 5.73 Å². The van der Waals surface area contributed by atoms with Gasteiger partial charge >= 0.3 is 0 Å². The molecule has 1 aromatic rings. The zero-order chi connectivity index (χ0) is 13.7. The van der Waals surface area contributed by atoms with Gasteiger partial charge < -0.3 is 10.8 Å². The molecule has 1 atom stereocenters. The Balaban J connectivity index is 1.97. The normalized spacial score (nSPS) is 21.4. The Labute approximate surface area is 113 Å². The van der Waals surface area contributed by atoms with Gasteiger partial charge in [0.25, 0.3) is 0 Å². The Bertz CT molecular complexity index is 410. The minimum Gasteiger partial charge on any atom is -0.395 e. The van der Waals surface area contributed by atoms with Crippen molar-refractivity contribution < 1.29 is 9.90 Å². The molecule has 1 heterocycles. The number of aliphatic hydroxyl groups is 1. The quantitative estimate of drug-likeness (QED) is 0.762. The highest BCUT2D eigenvalue weighted by Crippen LogP contribution is 2.12. The van der Waals surface area contributed by atoms with Crippen molar-refractivity contribution in [2.45, 2.75) is 12.6 Å². The van der Waals surface area contributed by atoms with Gasteiger partial charge in [-0.3, -0.25) is 14.6 Å². The van der Waals surface area contributed by atoms with E-state index < -0.39 is 0 Å². The summed E-state index contributed by atoms with van der Waals surface area (Å²) in [5.41, 5.74) is 6.69. The van der Waals surface area contributed by atoms with Gasteiger partial charge in [-0.2, -0.15) is 0 Å². The Kier molecular flexibility index (Phi) is 4.90. The Morgan fingerprint density at radius 3 is 2.68 bits per heavy atom. The van der Waals surface area contributed by atoms with E-state index in [1.807, 2.05) is 23.1 Å². The van der Waals surface area contributed by atoms with Gasteiger partial charge in [-0.25, -0.2) is 0 Å². The highest BCUT2D eigenvalue weighted by atomic mass is 16.3. The number of piperazine rings is 1. The number of amides is 1. The highest BCUT2D eigenvalue weighted by molar-refractivity contribution is 5.80. The number of carbonyl (C=O) groups is 1. The van der Waals surface area contributed by atoms with E-state index in [1.54, 1.807) is 0 Å². The third kappa shape index (κ3) is 3.76. The number of nitrogens with zero attached hydrogens (tertiary/aromatic N) is 2. The second kappa shape index (κ2) is 6.65. The molecule has 0 saturated carbocycles. The van der Waals surface area contributed by atoms with Crippen molar-refractivity contribution in [1.29, 1.82) is 0 Å². The number of rotatable bonds is 5. The molecule has 1 amide bonds. The molecule has 0 aliphatic carbocycles. The molecule has 3 N–H and O–H groups in total. The third-order valence-electron chi connectivity index (χ3n) is 3.54. The molecule has 1 aliphatic rings. The summed E-state index contributed by atoms with van der Waals surface area (Å²) < 4.78 is 0. The molecule has 0 aromatic heterocycles. The first-order chi connectivity index (χ1) is 9.20. The molecule has 0 bridgehead atoms. The first-order valence-corrected chi connectivity index (χ1v) is 6.61. The van der Waals surface area contributed by atoms with Crippen LogP contribution in [0.15, 0.2) is 30.3 Å². The van der Waals surface area contributed by atoms with E-state index >= 15 is 0 Å². The smallest absolute Gasteiger partial charge is 0.236 e. The van der Waals surface area contributed by atoms with Gasteiger partial charge in [-0.15, -0.1) is 0 Å². The summed E-state index contributed by atoms with van der Waals surface area (Å²) in [6.45, 7) is 3.68. The SMILES string of the molecule is NC(=O)C1CN(Cc2ccccc2)CCN1CCO. The molecule has 1 aliphatic heterocycles. The number of hydrogen-bond donors (Lipinski definition) is 2. The van der Waals surface area contributed by atoms with Gasteiger partial charge in [0.05, 0.1) is 6.61 Å². The van der Waals surface area contributed by atoms with Gasteiger partial charge in [0, 0.05) is 32.7 Å². The lowest BCUT2D eigenvalue weighted by atomic mass is 10.1. The standard InChI is InChI=1S/C14H21N3O2/c15-14(19)13-11-16(6-7-17(13)8-9-18)10-12-4-2-1-3-5-12/h1-5,13,18H,6-11H2,(H2,15,19). The number of primary amides is 1. The van der Waals surface area contributed by atoms with Crippen LogP contribution in [0.25, 0.3) is 0 Å². The number of β-amino-alcohol motifs (C(OH)–C–C–N with tert-alkyl or cyclic N) is 1. The second-order valence-corrected chi connectivity index (χ2v) is 4.90. The summed E-state index contributed by atoms with van der Waals surface area (Å²) in [6, 6.07) is 9.89. The van der Waals surface area contributed by atoms with Crippen LogP contribution in [0, 0.1) is 0 Å². The van der Waals surface area contributed by atoms with Crippen LogP contribution in [0.5, 0.6) is 0 Å². The zero-order valence-corrected chi connectivity index (χ0v) is 11.0. The minimum absolute atomic E-state index is 0.0580. The molecular formula is C14H21N3O2. The van der Waals surface area contributed by atoms with Gasteiger partial charge in [0.15, 0.2) is 0 Å². The molecule has 1 saturated heterocycles. The van der Waals surface area contributed by atoms with Gasteiger partial charge in [0.1, 0.15) is 6.04 Å². The Hall–Kier alpha value is -1.43. The lowest BCUT2D eigenvalue weighted by molar-refractivity contribution is -0.126. The molecule has 0 radical (unpaired) electrons. The lowest BCUT2D eigenvalue weighted by Gasteiger charge is -2.39. The Morgan fingerprint density at radius 1 is 1.32 bits per heavy atom. The maximum atomic E-state index is 11.5. The molecule has 19 heavy (non-hydrogen) atoms. The maximum absolute atomic E-state index is 11.5. The zero-order valence-electron chi connectivity index (χ0n) is 11.0. The summed E-state index contributed by atoms with van der Waals surface area (Å²) in [5.74, 6) is -0.314. The number of hydrogen-bond acceptors (Lipinski definition) is 4. The van der Waals surface area contributed by atoms with E-state index in [2.05, 4.69) is 17.0 Å². The molecule has 104 valence electrons. The lowest BCUT2D eigenvalue weighted by Crippen LogP contribution is -2.58. The minimum atomic E-state index is -0.314. The van der Waals surface area contributed by atoms with Crippen LogP contribution >= 0.6 is 0 Å². The molecule has 2 rings (SSSR count). The third-order valence-corrected chi connectivity index (χ3v) is 3.54. The predicted molar refractivity (Wildman–Crippen MR) is 73.4 cm³/mol. The number of nitrogens with two attached hydrogens (primary N) is 1. The second-order valence-electron chi connectivity index (χ2n) is 4.90. The van der Waals surface area contributed by atoms with E-state index in [9.17, 15) is 4.79 Å². The fourth-order valence-electron chi connectivity index (χ4n) is 2.53. The first-order valence-electron chi connectivity index (χ1n) is 6.61. The molecule has 0 spiro atoms. The van der Waals surface area contributed by atoms with Crippen LogP contribution in [0.1, 0.15) is 5.56 Å². The molecule has 5 nitrogen and oxygen atoms in total. The molecule has 1 fully saturated rings.